The Morgan fingerprint density at radius 3 is 2.36 bits per heavy atom. The van der Waals surface area contributed by atoms with Crippen LogP contribution in [0.4, 0.5) is 17.8 Å². The minimum Gasteiger partial charge on any atom is -0.393 e. The van der Waals surface area contributed by atoms with Gasteiger partial charge in [0.05, 0.1) is 6.61 Å². The van der Waals surface area contributed by atoms with Crippen molar-refractivity contribution in [3.05, 3.63) is 0 Å². The lowest BCUT2D eigenvalue weighted by Crippen LogP contribution is -2.13. The molecular weight excluding hydrogens is 188 g/mol. The molecule has 0 aliphatic carbocycles. The van der Waals surface area contributed by atoms with Crippen LogP contribution in [0.25, 0.3) is 0 Å². The Balaban J connectivity index is 2.81. The summed E-state index contributed by atoms with van der Waals surface area (Å²) in [4.78, 5) is 14.4. The zero-order valence-electron chi connectivity index (χ0n) is 7.20. The zero-order valence-corrected chi connectivity index (χ0v) is 7.20. The third kappa shape index (κ3) is 2.92. The maximum Gasteiger partial charge on any atom is 0.255 e. The van der Waals surface area contributed by atoms with E-state index in [0.717, 1.165) is 6.21 Å². The van der Waals surface area contributed by atoms with Gasteiger partial charge in [-0.25, -0.2) is 4.99 Å². The Labute approximate surface area is 79.3 Å². The van der Waals surface area contributed by atoms with Gasteiger partial charge in [-0.05, 0) is 0 Å². The Morgan fingerprint density at radius 2 is 1.86 bits per heavy atom. The first-order valence-corrected chi connectivity index (χ1v) is 3.72. The Morgan fingerprint density at radius 1 is 1.29 bits per heavy atom. The summed E-state index contributed by atoms with van der Waals surface area (Å²) in [5, 5.41) is 17.4. The second-order valence-electron chi connectivity index (χ2n) is 2.38. The predicted octanol–water partition coefficient (Wildman–Crippen LogP) is -1.91. The molecule has 0 radical (unpaired) electrons. The number of aliphatic hydroxyl groups excluding tert-OH is 2. The van der Waals surface area contributed by atoms with E-state index in [9.17, 15) is 0 Å². The highest BCUT2D eigenvalue weighted by Gasteiger charge is 2.00. The molecule has 0 aromatic carbocycles. The quantitative estimate of drug-likeness (QED) is 0.415. The van der Waals surface area contributed by atoms with Gasteiger partial charge in [0.15, 0.2) is 0 Å². The second-order valence-corrected chi connectivity index (χ2v) is 2.38. The normalized spacial score (nSPS) is 13.3. The molecule has 1 atom stereocenters. The van der Waals surface area contributed by atoms with Crippen molar-refractivity contribution in [3.63, 3.8) is 0 Å². The summed E-state index contributed by atoms with van der Waals surface area (Å²) in [5.74, 6) is -0.117. The van der Waals surface area contributed by atoms with E-state index in [1.165, 1.54) is 0 Å². The molecule has 1 unspecified atom stereocenters. The summed E-state index contributed by atoms with van der Waals surface area (Å²) in [5.41, 5.74) is 10.5. The van der Waals surface area contributed by atoms with Crippen LogP contribution in [0.1, 0.15) is 0 Å². The van der Waals surface area contributed by atoms with Gasteiger partial charge in [0.2, 0.25) is 11.9 Å². The summed E-state index contributed by atoms with van der Waals surface area (Å²) < 4.78 is 0. The standard InChI is InChI=1S/C6H10N6O2/c7-4-10-5(8)12-6(11-4)9-1-3(14)2-13/h1,3,13-14H,2H2,(H4,7,8,10,11,12)/b9-1+. The lowest BCUT2D eigenvalue weighted by Gasteiger charge is -1.98. The molecule has 0 fully saturated rings. The third-order valence-corrected chi connectivity index (χ3v) is 1.21. The number of hydrogen-bond acceptors (Lipinski definition) is 8. The smallest absolute Gasteiger partial charge is 0.255 e. The third-order valence-electron chi connectivity index (χ3n) is 1.21. The molecule has 14 heavy (non-hydrogen) atoms. The van der Waals surface area contributed by atoms with Crippen LogP contribution in [0.5, 0.6) is 0 Å². The van der Waals surface area contributed by atoms with E-state index in [1.807, 2.05) is 0 Å². The molecule has 76 valence electrons. The molecule has 0 saturated carbocycles. The fraction of sp³-hybridized carbons (Fsp3) is 0.333. The monoisotopic (exact) mass is 198 g/mol. The van der Waals surface area contributed by atoms with Crippen LogP contribution in [-0.2, 0) is 0 Å². The molecule has 0 saturated heterocycles. The van der Waals surface area contributed by atoms with Gasteiger partial charge in [-0.1, -0.05) is 0 Å². The van der Waals surface area contributed by atoms with Gasteiger partial charge >= 0.3 is 0 Å². The van der Waals surface area contributed by atoms with E-state index < -0.39 is 12.7 Å². The van der Waals surface area contributed by atoms with Crippen LogP contribution < -0.4 is 11.5 Å². The molecule has 1 heterocycles. The number of nitrogen functional groups attached to an aromatic ring is 2. The number of rotatable bonds is 3. The molecule has 1 aromatic rings. The molecule has 0 aliphatic heterocycles. The van der Waals surface area contributed by atoms with Crippen molar-refractivity contribution < 1.29 is 10.2 Å². The van der Waals surface area contributed by atoms with Crippen LogP contribution in [0.2, 0.25) is 0 Å². The molecule has 6 N–H and O–H groups in total. The van der Waals surface area contributed by atoms with Crippen molar-refractivity contribution in [1.82, 2.24) is 15.0 Å². The first-order valence-electron chi connectivity index (χ1n) is 3.72. The number of anilines is 2. The van der Waals surface area contributed by atoms with E-state index in [2.05, 4.69) is 19.9 Å². The van der Waals surface area contributed by atoms with Crippen LogP contribution in [-0.4, -0.2) is 44.1 Å². The highest BCUT2D eigenvalue weighted by Crippen LogP contribution is 2.06. The minimum atomic E-state index is -1.06. The van der Waals surface area contributed by atoms with Crippen LogP contribution in [0, 0.1) is 0 Å². The Kier molecular flexibility index (Phi) is 3.26. The number of hydrogen-bond donors (Lipinski definition) is 4. The SMILES string of the molecule is Nc1nc(N)nc(/N=C/C(O)CO)n1. The fourth-order valence-electron chi connectivity index (χ4n) is 0.655. The first kappa shape index (κ1) is 10.3. The van der Waals surface area contributed by atoms with Crippen molar-refractivity contribution in [2.75, 3.05) is 18.1 Å². The fourth-order valence-corrected chi connectivity index (χ4v) is 0.655. The lowest BCUT2D eigenvalue weighted by atomic mass is 10.4. The molecule has 8 heteroatoms. The summed E-state index contributed by atoms with van der Waals surface area (Å²) >= 11 is 0. The molecule has 8 nitrogen and oxygen atoms in total. The zero-order chi connectivity index (χ0) is 10.6. The summed E-state index contributed by atoms with van der Waals surface area (Å²) in [6.45, 7) is -0.431. The molecule has 1 rings (SSSR count). The van der Waals surface area contributed by atoms with Crippen molar-refractivity contribution in [3.8, 4) is 0 Å². The largest absolute Gasteiger partial charge is 0.393 e. The highest BCUT2D eigenvalue weighted by atomic mass is 16.3. The number of aromatic nitrogens is 3. The summed E-state index contributed by atoms with van der Waals surface area (Å²) in [7, 11) is 0. The van der Waals surface area contributed by atoms with Gasteiger partial charge in [-0.2, -0.15) is 15.0 Å². The Hall–Kier alpha value is -1.80. The minimum absolute atomic E-state index is 0.0116. The highest BCUT2D eigenvalue weighted by molar-refractivity contribution is 5.65. The van der Waals surface area contributed by atoms with Crippen molar-refractivity contribution in [1.29, 1.82) is 0 Å². The van der Waals surface area contributed by atoms with Crippen LogP contribution >= 0.6 is 0 Å². The second kappa shape index (κ2) is 4.44. The molecule has 1 aromatic heterocycles. The maximum absolute atomic E-state index is 8.92. The number of aliphatic imine (C=N–C) groups is 1. The number of aliphatic hydroxyl groups is 2. The van der Waals surface area contributed by atoms with E-state index in [4.69, 9.17) is 21.7 Å². The van der Waals surface area contributed by atoms with Gasteiger partial charge in [0.25, 0.3) is 5.95 Å². The van der Waals surface area contributed by atoms with E-state index in [1.54, 1.807) is 0 Å². The molecule has 0 aliphatic rings. The average Bonchev–Trinajstić information content (AvgIpc) is 2.12. The van der Waals surface area contributed by atoms with E-state index in [0.29, 0.717) is 0 Å². The van der Waals surface area contributed by atoms with Gasteiger partial charge < -0.3 is 21.7 Å². The van der Waals surface area contributed by atoms with Crippen LogP contribution in [0.15, 0.2) is 4.99 Å². The van der Waals surface area contributed by atoms with Crippen LogP contribution in [0.3, 0.4) is 0 Å². The maximum atomic E-state index is 8.92. The van der Waals surface area contributed by atoms with Crippen molar-refractivity contribution >= 4 is 24.1 Å². The Bertz CT molecular complexity index is 321. The number of nitrogens with zero attached hydrogens (tertiary/aromatic N) is 4. The van der Waals surface area contributed by atoms with Gasteiger partial charge in [0.1, 0.15) is 6.10 Å². The summed E-state index contributed by atoms with van der Waals surface area (Å²) in [6, 6.07) is 0. The molecule has 0 bridgehead atoms. The van der Waals surface area contributed by atoms with E-state index >= 15 is 0 Å². The molecule has 0 spiro atoms. The van der Waals surface area contributed by atoms with Crippen molar-refractivity contribution in [2.24, 2.45) is 4.99 Å². The van der Waals surface area contributed by atoms with Gasteiger partial charge in [0, 0.05) is 6.21 Å². The molecular formula is C6H10N6O2. The van der Waals surface area contributed by atoms with Gasteiger partial charge in [-0.3, -0.25) is 0 Å². The van der Waals surface area contributed by atoms with Gasteiger partial charge in [-0.15, -0.1) is 0 Å². The first-order chi connectivity index (χ1) is 6.61. The summed E-state index contributed by atoms with van der Waals surface area (Å²) in [6.07, 6.45) is 0.0167. The predicted molar refractivity (Wildman–Crippen MR) is 49.9 cm³/mol. The lowest BCUT2D eigenvalue weighted by molar-refractivity contribution is 0.148. The topological polar surface area (TPSA) is 144 Å². The van der Waals surface area contributed by atoms with Crippen molar-refractivity contribution in [2.45, 2.75) is 6.10 Å². The molecule has 0 amide bonds. The van der Waals surface area contributed by atoms with E-state index in [-0.39, 0.29) is 17.8 Å². The number of nitrogens with two attached hydrogens (primary N) is 2. The average molecular weight is 198 g/mol.